The van der Waals surface area contributed by atoms with Gasteiger partial charge in [-0.2, -0.15) is 0 Å². The number of nitrogens with zero attached hydrogens (tertiary/aromatic N) is 1. The number of phenolic OH excluding ortho intramolecular Hbond substituents is 1. The van der Waals surface area contributed by atoms with Crippen molar-refractivity contribution in [2.75, 3.05) is 0 Å². The second kappa shape index (κ2) is 10.6. The summed E-state index contributed by atoms with van der Waals surface area (Å²) in [5, 5.41) is 24.0. The SMILES string of the molecule is CC(C)(C)c1cc(C=N[C@H](c2ccccc2)C(O)(c2ccccc2)c2ccccc2)c(O)c(C(C)(C)C)c1. The summed E-state index contributed by atoms with van der Waals surface area (Å²) in [5.41, 5.74) is 3.23. The summed E-state index contributed by atoms with van der Waals surface area (Å²) in [6, 6.07) is 32.7. The van der Waals surface area contributed by atoms with Crippen molar-refractivity contribution in [3.8, 4) is 5.75 Å². The number of aliphatic hydroxyl groups is 1. The second-order valence-corrected chi connectivity index (χ2v) is 12.1. The number of hydrogen-bond acceptors (Lipinski definition) is 3. The Morgan fingerprint density at radius 3 is 1.55 bits per heavy atom. The molecule has 0 aliphatic rings. The maximum Gasteiger partial charge on any atom is 0.141 e. The first-order valence-electron chi connectivity index (χ1n) is 13.2. The molecule has 1 atom stereocenters. The van der Waals surface area contributed by atoms with Crippen molar-refractivity contribution >= 4 is 6.21 Å². The van der Waals surface area contributed by atoms with E-state index in [1.54, 1.807) is 6.21 Å². The number of benzene rings is 4. The molecule has 0 amide bonds. The van der Waals surface area contributed by atoms with Gasteiger partial charge in [0.1, 0.15) is 17.4 Å². The van der Waals surface area contributed by atoms with Gasteiger partial charge in [-0.1, -0.05) is 139 Å². The lowest BCUT2D eigenvalue weighted by Crippen LogP contribution is -2.34. The van der Waals surface area contributed by atoms with Crippen molar-refractivity contribution in [2.24, 2.45) is 4.99 Å². The minimum absolute atomic E-state index is 0.107. The van der Waals surface area contributed by atoms with Crippen LogP contribution in [0.1, 0.15) is 81.0 Å². The molecule has 0 bridgehead atoms. The minimum Gasteiger partial charge on any atom is -0.507 e. The third-order valence-corrected chi connectivity index (χ3v) is 7.11. The summed E-state index contributed by atoms with van der Waals surface area (Å²) < 4.78 is 0. The highest BCUT2D eigenvalue weighted by Gasteiger charge is 2.41. The smallest absolute Gasteiger partial charge is 0.141 e. The topological polar surface area (TPSA) is 52.8 Å². The van der Waals surface area contributed by atoms with Crippen molar-refractivity contribution in [3.63, 3.8) is 0 Å². The van der Waals surface area contributed by atoms with E-state index in [0.717, 1.165) is 27.8 Å². The largest absolute Gasteiger partial charge is 0.507 e. The molecule has 0 unspecified atom stereocenters. The first-order chi connectivity index (χ1) is 17.9. The van der Waals surface area contributed by atoms with Crippen LogP contribution in [0.5, 0.6) is 5.75 Å². The molecule has 0 saturated carbocycles. The lowest BCUT2D eigenvalue weighted by atomic mass is 9.77. The van der Waals surface area contributed by atoms with Crippen LogP contribution in [-0.2, 0) is 16.4 Å². The Balaban J connectivity index is 1.96. The lowest BCUT2D eigenvalue weighted by molar-refractivity contribution is 0.0523. The lowest BCUT2D eigenvalue weighted by Gasteiger charge is -2.35. The van der Waals surface area contributed by atoms with E-state index in [-0.39, 0.29) is 16.6 Å². The zero-order valence-corrected chi connectivity index (χ0v) is 23.3. The van der Waals surface area contributed by atoms with E-state index in [4.69, 9.17) is 4.99 Å². The second-order valence-electron chi connectivity index (χ2n) is 12.1. The molecule has 0 aliphatic carbocycles. The highest BCUT2D eigenvalue weighted by atomic mass is 16.3. The molecule has 3 nitrogen and oxygen atoms in total. The van der Waals surface area contributed by atoms with E-state index < -0.39 is 11.6 Å². The van der Waals surface area contributed by atoms with Gasteiger partial charge in [-0.3, -0.25) is 4.99 Å². The van der Waals surface area contributed by atoms with Gasteiger partial charge in [-0.25, -0.2) is 0 Å². The number of phenols is 1. The van der Waals surface area contributed by atoms with E-state index in [1.165, 1.54) is 0 Å². The third kappa shape index (κ3) is 5.58. The Hall–Kier alpha value is -3.69. The Morgan fingerprint density at radius 2 is 1.11 bits per heavy atom. The zero-order valence-electron chi connectivity index (χ0n) is 23.3. The van der Waals surface area contributed by atoms with Crippen molar-refractivity contribution in [3.05, 3.63) is 137 Å². The monoisotopic (exact) mass is 505 g/mol. The van der Waals surface area contributed by atoms with Crippen LogP contribution < -0.4 is 0 Å². The van der Waals surface area contributed by atoms with Gasteiger partial charge in [0.15, 0.2) is 0 Å². The normalized spacial score (nSPS) is 13.6. The molecule has 0 heterocycles. The quantitative estimate of drug-likeness (QED) is 0.260. The van der Waals surface area contributed by atoms with Crippen LogP contribution in [0.25, 0.3) is 0 Å². The molecule has 3 heteroatoms. The highest BCUT2D eigenvalue weighted by Crippen LogP contribution is 2.44. The van der Waals surface area contributed by atoms with Gasteiger partial charge in [0.2, 0.25) is 0 Å². The summed E-state index contributed by atoms with van der Waals surface area (Å²) in [4.78, 5) is 5.06. The van der Waals surface area contributed by atoms with Crippen LogP contribution in [0.15, 0.2) is 108 Å². The van der Waals surface area contributed by atoms with Crippen LogP contribution in [0.4, 0.5) is 0 Å². The zero-order chi connectivity index (χ0) is 27.6. The molecular weight excluding hydrogens is 466 g/mol. The van der Waals surface area contributed by atoms with E-state index >= 15 is 0 Å². The van der Waals surface area contributed by atoms with Gasteiger partial charge in [-0.15, -0.1) is 0 Å². The average Bonchev–Trinajstić information content (AvgIpc) is 2.89. The Morgan fingerprint density at radius 1 is 0.632 bits per heavy atom. The van der Waals surface area contributed by atoms with Crippen LogP contribution in [0, 0.1) is 0 Å². The Labute approximate surface area is 227 Å². The molecule has 0 fully saturated rings. The van der Waals surface area contributed by atoms with Crippen LogP contribution >= 0.6 is 0 Å². The van der Waals surface area contributed by atoms with Gasteiger partial charge >= 0.3 is 0 Å². The van der Waals surface area contributed by atoms with Crippen LogP contribution in [0.3, 0.4) is 0 Å². The molecule has 4 aromatic rings. The van der Waals surface area contributed by atoms with Gasteiger partial charge in [0, 0.05) is 17.3 Å². The van der Waals surface area contributed by atoms with Crippen molar-refractivity contribution in [1.82, 2.24) is 0 Å². The van der Waals surface area contributed by atoms with Crippen molar-refractivity contribution in [2.45, 2.75) is 64.0 Å². The minimum atomic E-state index is -1.44. The van der Waals surface area contributed by atoms with Gasteiger partial charge in [0.05, 0.1) is 0 Å². The highest BCUT2D eigenvalue weighted by molar-refractivity contribution is 5.85. The Bertz CT molecular complexity index is 1340. The summed E-state index contributed by atoms with van der Waals surface area (Å²) in [5.74, 6) is 0.226. The molecule has 0 aliphatic heterocycles. The summed E-state index contributed by atoms with van der Waals surface area (Å²) in [6.07, 6.45) is 1.73. The molecule has 4 rings (SSSR count). The van der Waals surface area contributed by atoms with Crippen LogP contribution in [-0.4, -0.2) is 16.4 Å². The van der Waals surface area contributed by atoms with E-state index in [2.05, 4.69) is 47.6 Å². The number of aromatic hydroxyl groups is 1. The van der Waals surface area contributed by atoms with Gasteiger partial charge < -0.3 is 10.2 Å². The Kier molecular flexibility index (Phi) is 7.62. The molecule has 0 spiro atoms. The fraction of sp³-hybridized carbons (Fsp3) is 0.286. The van der Waals surface area contributed by atoms with Gasteiger partial charge in [0.25, 0.3) is 0 Å². The number of rotatable bonds is 6. The summed E-state index contributed by atoms with van der Waals surface area (Å²) in [6.45, 7) is 12.8. The molecule has 0 radical (unpaired) electrons. The van der Waals surface area contributed by atoms with Crippen LogP contribution in [0.2, 0.25) is 0 Å². The van der Waals surface area contributed by atoms with E-state index in [9.17, 15) is 10.2 Å². The van der Waals surface area contributed by atoms with Crippen molar-refractivity contribution in [1.29, 1.82) is 0 Å². The molecular formula is C35H39NO2. The number of aliphatic imine (C=N–C) groups is 1. The first-order valence-corrected chi connectivity index (χ1v) is 13.2. The first kappa shape index (κ1) is 27.3. The molecule has 0 aromatic heterocycles. The summed E-state index contributed by atoms with van der Waals surface area (Å²) in [7, 11) is 0. The molecule has 196 valence electrons. The van der Waals surface area contributed by atoms with E-state index in [0.29, 0.717) is 5.56 Å². The standard InChI is InChI=1S/C35H39NO2/c1-33(2,3)29-22-26(31(37)30(23-29)34(4,5)6)24-36-32(25-16-10-7-11-17-25)35(38,27-18-12-8-13-19-27)28-20-14-9-15-21-28/h7-24,32,37-38H,1-6H3/t32-/m1/s1. The predicted molar refractivity (Wildman–Crippen MR) is 158 cm³/mol. The molecule has 2 N–H and O–H groups in total. The van der Waals surface area contributed by atoms with Crippen molar-refractivity contribution < 1.29 is 10.2 Å². The average molecular weight is 506 g/mol. The maximum absolute atomic E-state index is 12.6. The molecule has 38 heavy (non-hydrogen) atoms. The summed E-state index contributed by atoms with van der Waals surface area (Å²) >= 11 is 0. The maximum atomic E-state index is 12.6. The fourth-order valence-electron chi connectivity index (χ4n) is 4.85. The number of hydrogen-bond donors (Lipinski definition) is 2. The van der Waals surface area contributed by atoms with E-state index in [1.807, 2.05) is 97.1 Å². The fourth-order valence-corrected chi connectivity index (χ4v) is 4.85. The molecule has 4 aromatic carbocycles. The van der Waals surface area contributed by atoms with Gasteiger partial charge in [-0.05, 0) is 39.2 Å². The third-order valence-electron chi connectivity index (χ3n) is 7.11. The predicted octanol–water partition coefficient (Wildman–Crippen LogP) is 8.08. The molecule has 0 saturated heterocycles.